The Morgan fingerprint density at radius 2 is 2.04 bits per heavy atom. The van der Waals surface area contributed by atoms with Crippen molar-refractivity contribution in [2.24, 2.45) is 0 Å². The molecular weight excluding hydrogens is 379 g/mol. The average molecular weight is 405 g/mol. The van der Waals surface area contributed by atoms with Gasteiger partial charge in [0.2, 0.25) is 5.89 Å². The maximum atomic E-state index is 10.4. The lowest BCUT2D eigenvalue weighted by atomic mass is 10.1. The number of aliphatic hydroxyl groups is 1. The maximum absolute atomic E-state index is 10.4. The quantitative estimate of drug-likeness (QED) is 0.592. The van der Waals surface area contributed by atoms with Gasteiger partial charge in [-0.15, -0.1) is 24.8 Å². The highest BCUT2D eigenvalue weighted by Crippen LogP contribution is 2.08. The Bertz CT molecular complexity index is 619. The third-order valence-electron chi connectivity index (χ3n) is 3.93. The zero-order valence-electron chi connectivity index (χ0n) is 14.5. The first kappa shape index (κ1) is 22.8. The van der Waals surface area contributed by atoms with Gasteiger partial charge in [0.25, 0.3) is 0 Å². The molecule has 3 rings (SSSR count). The zero-order valence-corrected chi connectivity index (χ0v) is 16.2. The van der Waals surface area contributed by atoms with E-state index in [2.05, 4.69) is 20.8 Å². The van der Waals surface area contributed by atoms with Crippen LogP contribution in [0, 0.1) is 0 Å². The molecule has 7 nitrogen and oxygen atoms in total. The molecule has 3 N–H and O–H groups in total. The van der Waals surface area contributed by atoms with Gasteiger partial charge in [0.15, 0.2) is 5.82 Å². The summed E-state index contributed by atoms with van der Waals surface area (Å²) in [4.78, 5) is 4.40. The molecule has 0 bridgehead atoms. The SMILES string of the molecule is Cl.Cl.OC1(CNCCc2nc(Cc3ccccc3)no2)CNCCOC1. The molecular formula is C17H26Cl2N4O3. The molecule has 1 atom stereocenters. The van der Waals surface area contributed by atoms with Gasteiger partial charge in [0.1, 0.15) is 5.60 Å². The molecule has 9 heteroatoms. The molecule has 0 spiro atoms. The Morgan fingerprint density at radius 1 is 1.23 bits per heavy atom. The van der Waals surface area contributed by atoms with Crippen molar-refractivity contribution >= 4 is 24.8 Å². The van der Waals surface area contributed by atoms with Crippen molar-refractivity contribution in [3.63, 3.8) is 0 Å². The van der Waals surface area contributed by atoms with Gasteiger partial charge in [-0.2, -0.15) is 4.98 Å². The molecule has 2 heterocycles. The van der Waals surface area contributed by atoms with Crippen LogP contribution < -0.4 is 10.6 Å². The summed E-state index contributed by atoms with van der Waals surface area (Å²) >= 11 is 0. The lowest BCUT2D eigenvalue weighted by Gasteiger charge is -2.25. The molecule has 0 amide bonds. The minimum atomic E-state index is -0.871. The van der Waals surface area contributed by atoms with E-state index in [0.29, 0.717) is 57.4 Å². The summed E-state index contributed by atoms with van der Waals surface area (Å²) in [6.07, 6.45) is 1.30. The van der Waals surface area contributed by atoms with Crippen molar-refractivity contribution in [2.45, 2.75) is 18.4 Å². The van der Waals surface area contributed by atoms with Gasteiger partial charge in [0.05, 0.1) is 13.2 Å². The van der Waals surface area contributed by atoms with Gasteiger partial charge in [-0.25, -0.2) is 0 Å². The highest BCUT2D eigenvalue weighted by Gasteiger charge is 2.28. The lowest BCUT2D eigenvalue weighted by molar-refractivity contribution is -0.0261. The second-order valence-corrected chi connectivity index (χ2v) is 6.15. The predicted octanol–water partition coefficient (Wildman–Crippen LogP) is 0.987. The van der Waals surface area contributed by atoms with Crippen LogP contribution in [0.2, 0.25) is 0 Å². The second-order valence-electron chi connectivity index (χ2n) is 6.15. The molecule has 0 radical (unpaired) electrons. The molecule has 1 aliphatic heterocycles. The number of halogens is 2. The number of benzene rings is 1. The van der Waals surface area contributed by atoms with Crippen LogP contribution in [-0.4, -0.2) is 60.2 Å². The largest absolute Gasteiger partial charge is 0.385 e. The number of rotatable bonds is 7. The molecule has 1 fully saturated rings. The Kier molecular flexibility index (Phi) is 10.1. The minimum absolute atomic E-state index is 0. The minimum Gasteiger partial charge on any atom is -0.385 e. The van der Waals surface area contributed by atoms with Crippen LogP contribution in [-0.2, 0) is 17.6 Å². The summed E-state index contributed by atoms with van der Waals surface area (Å²) in [5, 5.41) is 20.8. The van der Waals surface area contributed by atoms with Gasteiger partial charge in [0, 0.05) is 39.0 Å². The van der Waals surface area contributed by atoms with E-state index in [9.17, 15) is 5.11 Å². The van der Waals surface area contributed by atoms with E-state index in [-0.39, 0.29) is 24.8 Å². The molecule has 0 saturated carbocycles. The summed E-state index contributed by atoms with van der Waals surface area (Å²) < 4.78 is 10.7. The predicted molar refractivity (Wildman–Crippen MR) is 103 cm³/mol. The highest BCUT2D eigenvalue weighted by molar-refractivity contribution is 5.85. The van der Waals surface area contributed by atoms with Crippen LogP contribution in [0.5, 0.6) is 0 Å². The second kappa shape index (κ2) is 11.5. The normalized spacial score (nSPS) is 19.9. The summed E-state index contributed by atoms with van der Waals surface area (Å²) in [6, 6.07) is 10.1. The van der Waals surface area contributed by atoms with Crippen LogP contribution in [0.15, 0.2) is 34.9 Å². The van der Waals surface area contributed by atoms with Crippen molar-refractivity contribution in [1.82, 2.24) is 20.8 Å². The monoisotopic (exact) mass is 404 g/mol. The van der Waals surface area contributed by atoms with Gasteiger partial charge in [-0.3, -0.25) is 0 Å². The lowest BCUT2D eigenvalue weighted by Crippen LogP contribution is -2.50. The van der Waals surface area contributed by atoms with Crippen molar-refractivity contribution in [1.29, 1.82) is 0 Å². The molecule has 1 unspecified atom stereocenters. The summed E-state index contributed by atoms with van der Waals surface area (Å²) in [5.41, 5.74) is 0.287. The Hall–Kier alpha value is -1.22. The van der Waals surface area contributed by atoms with Gasteiger partial charge >= 0.3 is 0 Å². The van der Waals surface area contributed by atoms with E-state index in [1.165, 1.54) is 0 Å². The third kappa shape index (κ3) is 7.19. The maximum Gasteiger partial charge on any atom is 0.227 e. The third-order valence-corrected chi connectivity index (χ3v) is 3.93. The molecule has 26 heavy (non-hydrogen) atoms. The number of ether oxygens (including phenoxy) is 1. The van der Waals surface area contributed by atoms with Crippen LogP contribution in [0.25, 0.3) is 0 Å². The van der Waals surface area contributed by atoms with Crippen molar-refractivity contribution in [3.8, 4) is 0 Å². The number of nitrogens with zero attached hydrogens (tertiary/aromatic N) is 2. The summed E-state index contributed by atoms with van der Waals surface area (Å²) in [7, 11) is 0. The Labute approximate surface area is 165 Å². The smallest absolute Gasteiger partial charge is 0.227 e. The molecule has 146 valence electrons. The zero-order chi connectivity index (χ0) is 16.7. The Morgan fingerprint density at radius 3 is 2.85 bits per heavy atom. The highest BCUT2D eigenvalue weighted by atomic mass is 35.5. The molecule has 1 saturated heterocycles. The molecule has 0 aliphatic carbocycles. The Balaban J connectivity index is 0.00000169. The van der Waals surface area contributed by atoms with Crippen molar-refractivity contribution < 1.29 is 14.4 Å². The van der Waals surface area contributed by atoms with E-state index >= 15 is 0 Å². The first-order valence-corrected chi connectivity index (χ1v) is 8.30. The van der Waals surface area contributed by atoms with Crippen molar-refractivity contribution in [3.05, 3.63) is 47.6 Å². The fourth-order valence-corrected chi connectivity index (χ4v) is 2.65. The number of hydrogen-bond donors (Lipinski definition) is 3. The van der Waals surface area contributed by atoms with E-state index in [0.717, 1.165) is 12.1 Å². The van der Waals surface area contributed by atoms with Crippen LogP contribution >= 0.6 is 24.8 Å². The van der Waals surface area contributed by atoms with Crippen LogP contribution in [0.4, 0.5) is 0 Å². The average Bonchev–Trinajstić information content (AvgIpc) is 2.92. The van der Waals surface area contributed by atoms with Crippen molar-refractivity contribution in [2.75, 3.05) is 39.4 Å². The number of aromatic nitrogens is 2. The van der Waals surface area contributed by atoms with E-state index in [1.54, 1.807) is 0 Å². The number of β-amino-alcohol motifs (C(OH)–C–C–N with tert-alkyl or cyclic N) is 1. The fourth-order valence-electron chi connectivity index (χ4n) is 2.65. The molecule has 1 aromatic carbocycles. The van der Waals surface area contributed by atoms with E-state index in [4.69, 9.17) is 9.26 Å². The number of hydrogen-bond acceptors (Lipinski definition) is 7. The first-order chi connectivity index (χ1) is 11.7. The topological polar surface area (TPSA) is 92.4 Å². The summed E-state index contributed by atoms with van der Waals surface area (Å²) in [5.74, 6) is 1.30. The van der Waals surface area contributed by atoms with E-state index in [1.807, 2.05) is 30.3 Å². The van der Waals surface area contributed by atoms with Crippen LogP contribution in [0.3, 0.4) is 0 Å². The van der Waals surface area contributed by atoms with Gasteiger partial charge < -0.3 is 25.0 Å². The molecule has 1 aromatic heterocycles. The fraction of sp³-hybridized carbons (Fsp3) is 0.529. The first-order valence-electron chi connectivity index (χ1n) is 8.30. The van der Waals surface area contributed by atoms with Gasteiger partial charge in [-0.05, 0) is 5.56 Å². The van der Waals surface area contributed by atoms with Crippen LogP contribution in [0.1, 0.15) is 17.3 Å². The standard InChI is InChI=1S/C17H24N4O3.2ClH/c22-17(12-19-8-9-23-13-17)11-18-7-6-16-20-15(21-24-16)10-14-4-2-1-3-5-14;;/h1-5,18-19,22H,6-13H2;2*1H. The molecule has 2 aromatic rings. The summed E-state index contributed by atoms with van der Waals surface area (Å²) in [6.45, 7) is 3.40. The molecule has 1 aliphatic rings. The van der Waals surface area contributed by atoms with Gasteiger partial charge in [-0.1, -0.05) is 35.5 Å². The van der Waals surface area contributed by atoms with E-state index < -0.39 is 5.60 Å². The number of nitrogens with one attached hydrogen (secondary N) is 2.